The van der Waals surface area contributed by atoms with Gasteiger partial charge in [0.1, 0.15) is 17.2 Å². The summed E-state index contributed by atoms with van der Waals surface area (Å²) in [6, 6.07) is 3.23. The molecule has 162 valence electrons. The molecule has 3 N–H and O–H groups in total. The highest BCUT2D eigenvalue weighted by Gasteiger charge is 2.20. The second-order valence-corrected chi connectivity index (χ2v) is 10.2. The first-order valence-corrected chi connectivity index (χ1v) is 10.3. The Kier molecular flexibility index (Phi) is 9.12. The first-order chi connectivity index (χ1) is 13.3. The third-order valence-corrected chi connectivity index (χ3v) is 3.39. The van der Waals surface area contributed by atoms with Crippen LogP contribution in [0.4, 0.5) is 21.2 Å². The Morgan fingerprint density at radius 1 is 1.03 bits per heavy atom. The van der Waals surface area contributed by atoms with E-state index in [-0.39, 0.29) is 18.0 Å². The van der Waals surface area contributed by atoms with Gasteiger partial charge in [-0.25, -0.2) is 14.6 Å². The molecule has 1 rings (SSSR count). The number of nitrogens with zero attached hydrogens (tertiary/aromatic N) is 1. The number of pyridine rings is 1. The highest BCUT2D eigenvalue weighted by Crippen LogP contribution is 2.20. The number of hydrogen-bond donors (Lipinski definition) is 3. The van der Waals surface area contributed by atoms with Crippen LogP contribution in [0.1, 0.15) is 58.3 Å². The molecule has 1 heterocycles. The molecule has 10 heteroatoms. The number of alkyl carbamates (subject to hydrolysis) is 1. The van der Waals surface area contributed by atoms with Crippen LogP contribution >= 0.6 is 22.6 Å². The van der Waals surface area contributed by atoms with Gasteiger partial charge >= 0.3 is 12.2 Å². The molecule has 1 aromatic heterocycles. The van der Waals surface area contributed by atoms with Crippen LogP contribution in [0, 0.1) is 0 Å². The van der Waals surface area contributed by atoms with E-state index < -0.39 is 21.4 Å². The minimum absolute atomic E-state index is 0.120. The Balaban J connectivity index is 2.76. The molecule has 0 aromatic carbocycles. The Bertz CT molecular complexity index is 741. The van der Waals surface area contributed by atoms with Crippen LogP contribution in [0.3, 0.4) is 0 Å². The van der Waals surface area contributed by atoms with Gasteiger partial charge in [-0.05, 0) is 69.3 Å². The lowest BCUT2D eigenvalue weighted by atomic mass is 10.1. The molecule has 29 heavy (non-hydrogen) atoms. The van der Waals surface area contributed by atoms with Crippen LogP contribution in [0.5, 0.6) is 0 Å². The minimum atomic E-state index is -0.696. The van der Waals surface area contributed by atoms with Gasteiger partial charge in [-0.1, -0.05) is 6.92 Å². The maximum absolute atomic E-state index is 12.1. The summed E-state index contributed by atoms with van der Waals surface area (Å²) < 4.78 is 9.78. The van der Waals surface area contributed by atoms with Crippen molar-refractivity contribution in [1.29, 1.82) is 0 Å². The second-order valence-electron chi connectivity index (χ2n) is 7.60. The van der Waals surface area contributed by atoms with Gasteiger partial charge in [0.2, 0.25) is 0 Å². The molecule has 0 aliphatic carbocycles. The second kappa shape index (κ2) is 10.6. The van der Waals surface area contributed by atoms with E-state index in [1.807, 2.05) is 22.6 Å². The Hall–Kier alpha value is -2.11. The van der Waals surface area contributed by atoms with E-state index in [1.54, 1.807) is 53.7 Å². The summed E-state index contributed by atoms with van der Waals surface area (Å²) >= 11 is 2.01. The quantitative estimate of drug-likeness (QED) is 0.202. The summed E-state index contributed by atoms with van der Waals surface area (Å²) in [5.41, 5.74) is -0.378. The first kappa shape index (κ1) is 24.9. The molecule has 1 aromatic rings. The van der Waals surface area contributed by atoms with Crippen molar-refractivity contribution in [3.8, 4) is 0 Å². The predicted molar refractivity (Wildman–Crippen MR) is 120 cm³/mol. The van der Waals surface area contributed by atoms with E-state index in [0.717, 1.165) is 0 Å². The number of amides is 2. The number of nitrogens with one attached hydrogen (secondary N) is 3. The maximum Gasteiger partial charge on any atom is 0.413 e. The molecule has 0 atom stereocenters. The smallest absolute Gasteiger partial charge is 0.413 e. The number of ketones is 1. The molecule has 2 amide bonds. The van der Waals surface area contributed by atoms with Gasteiger partial charge in [-0.2, -0.15) is 0 Å². The Labute approximate surface area is 184 Å². The molecule has 0 aliphatic heterocycles. The number of halogens is 1. The van der Waals surface area contributed by atoms with Crippen molar-refractivity contribution in [2.75, 3.05) is 23.7 Å². The monoisotopic (exact) mass is 520 g/mol. The van der Waals surface area contributed by atoms with Crippen molar-refractivity contribution >= 4 is 52.2 Å². The zero-order chi connectivity index (χ0) is 22.2. The largest absolute Gasteiger partial charge is 0.444 e. The van der Waals surface area contributed by atoms with Crippen molar-refractivity contribution < 1.29 is 23.9 Å². The van der Waals surface area contributed by atoms with E-state index in [0.29, 0.717) is 24.5 Å². The number of aromatic nitrogens is 1. The predicted octanol–water partition coefficient (Wildman–Crippen LogP) is 4.33. The molecular weight excluding hydrogens is 491 g/mol. The molecule has 0 fully saturated rings. The minimum Gasteiger partial charge on any atom is -0.444 e. The van der Waals surface area contributed by atoms with E-state index in [9.17, 15) is 14.4 Å². The van der Waals surface area contributed by atoms with Gasteiger partial charge in [-0.3, -0.25) is 10.1 Å². The third-order valence-electron chi connectivity index (χ3n) is 3.17. The van der Waals surface area contributed by atoms with Crippen LogP contribution in [0.15, 0.2) is 12.1 Å². The van der Waals surface area contributed by atoms with E-state index in [2.05, 4.69) is 20.9 Å². The van der Waals surface area contributed by atoms with Crippen LogP contribution in [-0.4, -0.2) is 45.3 Å². The van der Waals surface area contributed by atoms with Crippen molar-refractivity contribution in [1.82, 2.24) is 10.3 Å². The fourth-order valence-electron chi connectivity index (χ4n) is 2.08. The van der Waals surface area contributed by atoms with E-state index in [4.69, 9.17) is 9.47 Å². The standard InChI is InChI=1S/C19H29IN4O5/c1-7-13(25)12-8-9-14(21-10-11-22-16(26)29-19(5,6)20)23-15(12)24-17(27)28-18(2,3)4/h8-9H,7,10-11H2,1-6H3,(H,22,26)(H2,21,23,24,27). The highest BCUT2D eigenvalue weighted by atomic mass is 127. The molecule has 0 unspecified atom stereocenters. The number of alkyl halides is 1. The van der Waals surface area contributed by atoms with Crippen molar-refractivity contribution in [3.05, 3.63) is 17.7 Å². The van der Waals surface area contributed by atoms with Gasteiger partial charge in [0.15, 0.2) is 9.39 Å². The van der Waals surface area contributed by atoms with Gasteiger partial charge in [-0.15, -0.1) is 0 Å². The highest BCUT2D eigenvalue weighted by molar-refractivity contribution is 14.1. The van der Waals surface area contributed by atoms with Gasteiger partial charge < -0.3 is 20.1 Å². The van der Waals surface area contributed by atoms with Crippen LogP contribution in [0.2, 0.25) is 0 Å². The summed E-state index contributed by atoms with van der Waals surface area (Å²) in [5.74, 6) is 0.407. The first-order valence-electron chi connectivity index (χ1n) is 9.24. The maximum atomic E-state index is 12.1. The molecule has 0 aliphatic rings. The number of Topliss-reactive ketones (excluding diaryl/α,β-unsaturated/α-hetero) is 1. The SMILES string of the molecule is CCC(=O)c1ccc(NCCNC(=O)OC(C)(C)I)nc1NC(=O)OC(C)(C)C. The van der Waals surface area contributed by atoms with Gasteiger partial charge in [0.05, 0.1) is 5.56 Å². The third kappa shape index (κ3) is 10.3. The lowest BCUT2D eigenvalue weighted by molar-refractivity contribution is 0.0635. The van der Waals surface area contributed by atoms with Crippen molar-refractivity contribution in [3.63, 3.8) is 0 Å². The molecule has 0 saturated heterocycles. The fraction of sp³-hybridized carbons (Fsp3) is 0.579. The lowest BCUT2D eigenvalue weighted by Crippen LogP contribution is -2.33. The molecular formula is C19H29IN4O5. The van der Waals surface area contributed by atoms with Crippen LogP contribution < -0.4 is 16.0 Å². The summed E-state index contributed by atoms with van der Waals surface area (Å²) in [4.78, 5) is 40.2. The molecule has 0 bridgehead atoms. The summed E-state index contributed by atoms with van der Waals surface area (Å²) in [5, 5.41) is 8.18. The van der Waals surface area contributed by atoms with E-state index >= 15 is 0 Å². The van der Waals surface area contributed by atoms with E-state index in [1.165, 1.54) is 0 Å². The number of carbonyl (C=O) groups excluding carboxylic acids is 3. The molecule has 9 nitrogen and oxygen atoms in total. The number of anilines is 2. The fourth-order valence-corrected chi connectivity index (χ4v) is 2.28. The number of carbonyl (C=O) groups is 3. The molecule has 0 spiro atoms. The van der Waals surface area contributed by atoms with Crippen molar-refractivity contribution in [2.24, 2.45) is 0 Å². The van der Waals surface area contributed by atoms with Gasteiger partial charge in [0, 0.05) is 19.5 Å². The normalized spacial score (nSPS) is 11.4. The summed E-state index contributed by atoms with van der Waals surface area (Å²) in [6.45, 7) is 11.2. The average molecular weight is 520 g/mol. The summed E-state index contributed by atoms with van der Waals surface area (Å²) in [6.07, 6.45) is -0.940. The zero-order valence-electron chi connectivity index (χ0n) is 17.6. The zero-order valence-corrected chi connectivity index (χ0v) is 19.8. The average Bonchev–Trinajstić information content (AvgIpc) is 2.55. The topological polar surface area (TPSA) is 119 Å². The van der Waals surface area contributed by atoms with Crippen molar-refractivity contribution in [2.45, 2.75) is 57.2 Å². The van der Waals surface area contributed by atoms with Crippen LogP contribution in [-0.2, 0) is 9.47 Å². The Morgan fingerprint density at radius 2 is 1.69 bits per heavy atom. The number of ether oxygens (including phenoxy) is 2. The number of hydrogen-bond acceptors (Lipinski definition) is 7. The van der Waals surface area contributed by atoms with Gasteiger partial charge in [0.25, 0.3) is 0 Å². The summed E-state index contributed by atoms with van der Waals surface area (Å²) in [7, 11) is 0. The lowest BCUT2D eigenvalue weighted by Gasteiger charge is -2.20. The molecule has 0 radical (unpaired) electrons. The Morgan fingerprint density at radius 3 is 2.24 bits per heavy atom. The number of rotatable bonds is 8. The molecule has 0 saturated carbocycles. The van der Waals surface area contributed by atoms with Crippen LogP contribution in [0.25, 0.3) is 0 Å².